The van der Waals surface area contributed by atoms with Crippen molar-refractivity contribution < 1.29 is 18.0 Å². The van der Waals surface area contributed by atoms with Crippen molar-refractivity contribution in [2.45, 2.75) is 45.5 Å². The van der Waals surface area contributed by atoms with Gasteiger partial charge >= 0.3 is 6.61 Å². The van der Waals surface area contributed by atoms with Crippen molar-refractivity contribution in [3.63, 3.8) is 0 Å². The Morgan fingerprint density at radius 1 is 1.00 bits per heavy atom. The second kappa shape index (κ2) is 8.63. The van der Waals surface area contributed by atoms with Crippen LogP contribution in [-0.2, 0) is 0 Å². The van der Waals surface area contributed by atoms with Gasteiger partial charge in [-0.1, -0.05) is 20.8 Å². The van der Waals surface area contributed by atoms with Crippen molar-refractivity contribution in [1.29, 1.82) is 0 Å². The third-order valence-electron chi connectivity index (χ3n) is 5.89. The van der Waals surface area contributed by atoms with Crippen LogP contribution in [0, 0.1) is 0 Å². The molecule has 11 heteroatoms. The lowest BCUT2D eigenvalue weighted by Gasteiger charge is -2.36. The molecular formula is C23H26F2N6O2Si. The molecule has 34 heavy (non-hydrogen) atoms. The Hall–Kier alpha value is -3.60. The van der Waals surface area contributed by atoms with E-state index >= 15 is 0 Å². The average Bonchev–Trinajstić information content (AvgIpc) is 3.10. The lowest BCUT2D eigenvalue weighted by atomic mass is 10.2. The number of hydrogen-bond donors (Lipinski definition) is 1. The monoisotopic (exact) mass is 484 g/mol. The number of halogens is 2. The van der Waals surface area contributed by atoms with Gasteiger partial charge in [0.15, 0.2) is 11.5 Å². The van der Waals surface area contributed by atoms with Crippen LogP contribution in [0.3, 0.4) is 0 Å². The molecule has 4 rings (SSSR count). The van der Waals surface area contributed by atoms with Crippen LogP contribution in [0.25, 0.3) is 33.9 Å². The maximum absolute atomic E-state index is 12.5. The summed E-state index contributed by atoms with van der Waals surface area (Å²) in [5, 5.41) is -0.0823. The molecule has 4 aromatic rings. The first kappa shape index (κ1) is 23.6. The van der Waals surface area contributed by atoms with Crippen LogP contribution < -0.4 is 15.0 Å². The zero-order valence-electron chi connectivity index (χ0n) is 19.6. The van der Waals surface area contributed by atoms with E-state index in [9.17, 15) is 8.78 Å². The Balaban J connectivity index is 1.86. The Morgan fingerprint density at radius 2 is 1.74 bits per heavy atom. The van der Waals surface area contributed by atoms with Gasteiger partial charge in [0, 0.05) is 6.20 Å². The predicted molar refractivity (Wildman–Crippen MR) is 129 cm³/mol. The van der Waals surface area contributed by atoms with Crippen LogP contribution >= 0.6 is 0 Å². The number of rotatable bonds is 6. The lowest BCUT2D eigenvalue weighted by Crippen LogP contribution is -2.48. The number of ether oxygens (including phenoxy) is 1. The Kier molecular flexibility index (Phi) is 5.98. The van der Waals surface area contributed by atoms with Gasteiger partial charge in [0.2, 0.25) is 0 Å². The molecule has 0 aliphatic carbocycles. The third-order valence-corrected chi connectivity index (χ3v) is 10.1. The molecule has 0 aromatic carbocycles. The van der Waals surface area contributed by atoms with E-state index in [0.717, 1.165) is 0 Å². The molecule has 0 fully saturated rings. The van der Waals surface area contributed by atoms with Crippen LogP contribution in [-0.4, -0.2) is 39.6 Å². The van der Waals surface area contributed by atoms with Gasteiger partial charge in [0.25, 0.3) is 8.32 Å². The molecular weight excluding hydrogens is 458 g/mol. The molecule has 8 nitrogen and oxygen atoms in total. The number of nitrogens with two attached hydrogens (primary N) is 1. The number of nitrogen functional groups attached to an aromatic ring is 1. The average molecular weight is 485 g/mol. The quantitative estimate of drug-likeness (QED) is 0.377. The second-order valence-corrected chi connectivity index (χ2v) is 14.0. The van der Waals surface area contributed by atoms with Gasteiger partial charge in [0.1, 0.15) is 17.1 Å². The van der Waals surface area contributed by atoms with Crippen molar-refractivity contribution in [1.82, 2.24) is 24.7 Å². The first-order valence-electron chi connectivity index (χ1n) is 10.7. The van der Waals surface area contributed by atoms with E-state index in [1.807, 2.05) is 12.1 Å². The van der Waals surface area contributed by atoms with Gasteiger partial charge in [-0.3, -0.25) is 4.98 Å². The molecule has 4 heterocycles. The van der Waals surface area contributed by atoms with E-state index in [1.54, 1.807) is 29.1 Å². The Morgan fingerprint density at radius 3 is 2.35 bits per heavy atom. The zero-order chi connectivity index (χ0) is 24.7. The fraction of sp³-hybridized carbons (Fsp3) is 0.304. The Labute approximate surface area is 196 Å². The summed E-state index contributed by atoms with van der Waals surface area (Å²) < 4.78 is 37.6. The summed E-state index contributed by atoms with van der Waals surface area (Å²) in [4.78, 5) is 17.9. The smallest absolute Gasteiger partial charge is 0.387 e. The van der Waals surface area contributed by atoms with E-state index in [-0.39, 0.29) is 10.8 Å². The molecule has 0 aliphatic rings. The molecule has 0 unspecified atom stereocenters. The number of fused-ring (bicyclic) bond motifs is 1. The number of pyridine rings is 3. The summed E-state index contributed by atoms with van der Waals surface area (Å²) in [5.41, 5.74) is 8.92. The minimum absolute atomic E-state index is 0.0273. The SMILES string of the molecule is CC(C)(C)[Si](C)(C)On1c(-c2cccnc2N)nc2ccc(-c3ccc(OC(F)F)cn3)nc21. The van der Waals surface area contributed by atoms with Gasteiger partial charge in [0.05, 0.1) is 23.1 Å². The summed E-state index contributed by atoms with van der Waals surface area (Å²) in [5.74, 6) is 0.804. The number of imidazole rings is 1. The molecule has 0 atom stereocenters. The number of alkyl halides is 2. The standard InChI is InChI=1S/C23H26F2N6O2Si/c1-23(2,3)34(4,5)33-31-20(15-7-6-12-27-19(15)26)30-18-11-10-17(29-21(18)31)16-9-8-14(13-28-16)32-22(24)25/h6-13,22H,1-5H3,(H2,26,27). The van der Waals surface area contributed by atoms with E-state index in [1.165, 1.54) is 12.3 Å². The molecule has 0 spiro atoms. The largest absolute Gasteiger partial charge is 0.466 e. The number of hydrogen-bond acceptors (Lipinski definition) is 7. The van der Waals surface area contributed by atoms with Crippen molar-refractivity contribution in [2.24, 2.45) is 0 Å². The Bertz CT molecular complexity index is 1320. The predicted octanol–water partition coefficient (Wildman–Crippen LogP) is 5.17. The van der Waals surface area contributed by atoms with Crippen LogP contribution in [0.2, 0.25) is 18.1 Å². The van der Waals surface area contributed by atoms with Crippen molar-refractivity contribution in [2.75, 3.05) is 5.73 Å². The van der Waals surface area contributed by atoms with Gasteiger partial charge in [-0.2, -0.15) is 13.5 Å². The van der Waals surface area contributed by atoms with Crippen molar-refractivity contribution in [3.8, 4) is 28.5 Å². The maximum Gasteiger partial charge on any atom is 0.387 e. The fourth-order valence-electron chi connectivity index (χ4n) is 3.01. The van der Waals surface area contributed by atoms with E-state index in [4.69, 9.17) is 20.2 Å². The van der Waals surface area contributed by atoms with Gasteiger partial charge in [-0.05, 0) is 54.5 Å². The molecule has 2 N–H and O–H groups in total. The molecule has 0 saturated carbocycles. The van der Waals surface area contributed by atoms with Crippen LogP contribution in [0.5, 0.6) is 5.75 Å². The highest BCUT2D eigenvalue weighted by Gasteiger charge is 2.41. The molecule has 178 valence electrons. The van der Waals surface area contributed by atoms with Crippen LogP contribution in [0.15, 0.2) is 48.8 Å². The highest BCUT2D eigenvalue weighted by molar-refractivity contribution is 6.74. The molecule has 0 radical (unpaired) electrons. The summed E-state index contributed by atoms with van der Waals surface area (Å²) in [7, 11) is -2.31. The summed E-state index contributed by atoms with van der Waals surface area (Å²) in [6.07, 6.45) is 2.85. The first-order chi connectivity index (χ1) is 16.0. The molecule has 0 saturated heterocycles. The van der Waals surface area contributed by atoms with Crippen molar-refractivity contribution >= 4 is 25.3 Å². The summed E-state index contributed by atoms with van der Waals surface area (Å²) >= 11 is 0. The normalized spacial score (nSPS) is 12.4. The maximum atomic E-state index is 12.5. The van der Waals surface area contributed by atoms with Crippen LogP contribution in [0.4, 0.5) is 14.6 Å². The second-order valence-electron chi connectivity index (χ2n) is 9.31. The molecule has 0 amide bonds. The van der Waals surface area contributed by atoms with E-state index in [0.29, 0.717) is 39.8 Å². The molecule has 0 aliphatic heterocycles. The minimum atomic E-state index is -2.91. The summed E-state index contributed by atoms with van der Waals surface area (Å²) in [6, 6.07) is 10.2. The van der Waals surface area contributed by atoms with Crippen LogP contribution in [0.1, 0.15) is 20.8 Å². The van der Waals surface area contributed by atoms with Crippen molar-refractivity contribution in [3.05, 3.63) is 48.8 Å². The summed E-state index contributed by atoms with van der Waals surface area (Å²) in [6.45, 7) is 7.76. The van der Waals surface area contributed by atoms with Gasteiger partial charge in [-0.15, -0.1) is 0 Å². The topological polar surface area (TPSA) is 101 Å². The zero-order valence-corrected chi connectivity index (χ0v) is 20.6. The highest BCUT2D eigenvalue weighted by Crippen LogP contribution is 2.37. The first-order valence-corrected chi connectivity index (χ1v) is 13.6. The fourth-order valence-corrected chi connectivity index (χ4v) is 3.92. The van der Waals surface area contributed by atoms with E-state index in [2.05, 4.69) is 48.6 Å². The number of anilines is 1. The van der Waals surface area contributed by atoms with Gasteiger partial charge < -0.3 is 15.0 Å². The highest BCUT2D eigenvalue weighted by atomic mass is 28.4. The lowest BCUT2D eigenvalue weighted by molar-refractivity contribution is -0.0500. The van der Waals surface area contributed by atoms with E-state index < -0.39 is 14.9 Å². The number of nitrogens with zero attached hydrogens (tertiary/aromatic N) is 5. The number of aromatic nitrogens is 5. The molecule has 4 aromatic heterocycles. The molecule has 0 bridgehead atoms. The minimum Gasteiger partial charge on any atom is -0.466 e. The van der Waals surface area contributed by atoms with Gasteiger partial charge in [-0.25, -0.2) is 15.0 Å². The third kappa shape index (κ3) is 4.56.